The molecule has 26 heavy (non-hydrogen) atoms. The lowest BCUT2D eigenvalue weighted by atomic mass is 9.84. The molecule has 1 fully saturated rings. The predicted octanol–water partition coefficient (Wildman–Crippen LogP) is 2.41. The molecule has 7 nitrogen and oxygen atoms in total. The molecule has 1 aromatic carbocycles. The van der Waals surface area contributed by atoms with Gasteiger partial charge in [0.2, 0.25) is 0 Å². The van der Waals surface area contributed by atoms with Gasteiger partial charge in [-0.25, -0.2) is 0 Å². The Morgan fingerprint density at radius 1 is 1.12 bits per heavy atom. The van der Waals surface area contributed by atoms with Gasteiger partial charge in [0, 0.05) is 5.69 Å². The van der Waals surface area contributed by atoms with Crippen molar-refractivity contribution in [1.82, 2.24) is 4.90 Å². The highest BCUT2D eigenvalue weighted by atomic mass is 16.4. The van der Waals surface area contributed by atoms with Crippen LogP contribution in [-0.4, -0.2) is 46.0 Å². The van der Waals surface area contributed by atoms with Gasteiger partial charge in [-0.15, -0.1) is 0 Å². The maximum atomic E-state index is 12.3. The molecule has 0 aromatic heterocycles. The molecule has 2 amide bonds. The summed E-state index contributed by atoms with van der Waals surface area (Å²) < 4.78 is 0. The first-order valence-corrected chi connectivity index (χ1v) is 8.80. The minimum absolute atomic E-state index is 0.269. The van der Waals surface area contributed by atoms with Crippen molar-refractivity contribution in [1.29, 1.82) is 0 Å². The van der Waals surface area contributed by atoms with Crippen molar-refractivity contribution in [3.8, 4) is 0 Å². The molecule has 1 aliphatic carbocycles. The summed E-state index contributed by atoms with van der Waals surface area (Å²) in [7, 11) is 0. The molecule has 1 aliphatic heterocycles. The highest BCUT2D eigenvalue weighted by molar-refractivity contribution is 6.24. The van der Waals surface area contributed by atoms with Gasteiger partial charge in [0.1, 0.15) is 17.9 Å². The van der Waals surface area contributed by atoms with Crippen molar-refractivity contribution in [3.05, 3.63) is 41.2 Å². The van der Waals surface area contributed by atoms with Crippen LogP contribution < -0.4 is 5.32 Å². The number of anilines is 1. The average molecular weight is 358 g/mol. The molecular weight excluding hydrogens is 336 g/mol. The van der Waals surface area contributed by atoms with Crippen LogP contribution in [0.2, 0.25) is 0 Å². The molecule has 3 N–H and O–H groups in total. The van der Waals surface area contributed by atoms with Gasteiger partial charge in [-0.2, -0.15) is 0 Å². The Morgan fingerprint density at radius 2 is 1.77 bits per heavy atom. The molecule has 0 bridgehead atoms. The number of amides is 2. The third-order valence-electron chi connectivity index (χ3n) is 4.93. The van der Waals surface area contributed by atoms with E-state index in [2.05, 4.69) is 5.32 Å². The van der Waals surface area contributed by atoms with E-state index < -0.39 is 35.7 Å². The number of aliphatic hydroxyl groups is 1. The van der Waals surface area contributed by atoms with Gasteiger partial charge < -0.3 is 20.4 Å². The summed E-state index contributed by atoms with van der Waals surface area (Å²) in [5.74, 6) is -2.56. The summed E-state index contributed by atoms with van der Waals surface area (Å²) in [5.41, 5.74) is 1.37. The third-order valence-corrected chi connectivity index (χ3v) is 4.93. The number of hydrogen-bond acceptors (Lipinski definition) is 4. The average Bonchev–Trinajstić information content (AvgIpc) is 2.89. The van der Waals surface area contributed by atoms with Gasteiger partial charge >= 0.3 is 5.97 Å². The van der Waals surface area contributed by atoms with Crippen LogP contribution in [0.5, 0.6) is 0 Å². The standard InChI is InChI=1S/C19H22N2O5/c22-15-10-21(11-16(23)24)19(26)17(15)18(25)20-14-8-6-13(7-9-14)12-4-2-1-3-5-12/h6-9,12,22H,1-5,10-11H2,(H,20,25)(H,23,24). The predicted molar refractivity (Wildman–Crippen MR) is 94.8 cm³/mol. The number of aliphatic carboxylic acids is 1. The van der Waals surface area contributed by atoms with Crippen molar-refractivity contribution in [2.75, 3.05) is 18.4 Å². The lowest BCUT2D eigenvalue weighted by Gasteiger charge is -2.22. The summed E-state index contributed by atoms with van der Waals surface area (Å²) in [4.78, 5) is 36.1. The summed E-state index contributed by atoms with van der Waals surface area (Å²) in [6, 6.07) is 7.53. The maximum Gasteiger partial charge on any atom is 0.323 e. The zero-order chi connectivity index (χ0) is 18.7. The molecule has 0 spiro atoms. The fourth-order valence-corrected chi connectivity index (χ4v) is 3.60. The van der Waals surface area contributed by atoms with Crippen LogP contribution in [0.25, 0.3) is 0 Å². The Kier molecular flexibility index (Phi) is 5.25. The normalized spacial score (nSPS) is 18.3. The number of carbonyl (C=O) groups excluding carboxylic acids is 2. The third kappa shape index (κ3) is 3.87. The second-order valence-corrected chi connectivity index (χ2v) is 6.79. The highest BCUT2D eigenvalue weighted by Crippen LogP contribution is 2.33. The number of carbonyl (C=O) groups is 3. The Labute approximate surface area is 151 Å². The van der Waals surface area contributed by atoms with Crippen LogP contribution in [0, 0.1) is 0 Å². The van der Waals surface area contributed by atoms with Crippen LogP contribution >= 0.6 is 0 Å². The topological polar surface area (TPSA) is 107 Å². The number of benzene rings is 1. The second kappa shape index (κ2) is 7.59. The highest BCUT2D eigenvalue weighted by Gasteiger charge is 2.36. The monoisotopic (exact) mass is 358 g/mol. The van der Waals surface area contributed by atoms with E-state index in [1.807, 2.05) is 12.1 Å². The quantitative estimate of drug-likeness (QED) is 0.701. The number of nitrogens with zero attached hydrogens (tertiary/aromatic N) is 1. The first kappa shape index (κ1) is 18.0. The van der Waals surface area contributed by atoms with Crippen LogP contribution in [-0.2, 0) is 14.4 Å². The Hall–Kier alpha value is -2.83. The van der Waals surface area contributed by atoms with E-state index in [0.717, 1.165) is 4.90 Å². The molecule has 1 aromatic rings. The van der Waals surface area contributed by atoms with E-state index in [0.29, 0.717) is 11.6 Å². The van der Waals surface area contributed by atoms with Crippen molar-refractivity contribution in [2.45, 2.75) is 38.0 Å². The number of nitrogens with one attached hydrogen (secondary N) is 1. The molecular formula is C19H22N2O5. The molecule has 2 aliphatic rings. The number of aliphatic hydroxyl groups excluding tert-OH is 1. The van der Waals surface area contributed by atoms with Gasteiger partial charge in [-0.05, 0) is 36.5 Å². The number of carboxylic acids is 1. The van der Waals surface area contributed by atoms with E-state index in [1.165, 1.54) is 37.7 Å². The van der Waals surface area contributed by atoms with Crippen molar-refractivity contribution in [3.63, 3.8) is 0 Å². The van der Waals surface area contributed by atoms with Crippen LogP contribution in [0.1, 0.15) is 43.6 Å². The number of carboxylic acid groups (broad SMARTS) is 1. The smallest absolute Gasteiger partial charge is 0.323 e. The maximum absolute atomic E-state index is 12.3. The lowest BCUT2D eigenvalue weighted by Crippen LogP contribution is -2.34. The zero-order valence-corrected chi connectivity index (χ0v) is 14.4. The fraction of sp³-hybridized carbons (Fsp3) is 0.421. The summed E-state index contributed by atoms with van der Waals surface area (Å²) in [6.45, 7) is -0.829. The Balaban J connectivity index is 1.65. The summed E-state index contributed by atoms with van der Waals surface area (Å²) in [5, 5.41) is 21.2. The second-order valence-electron chi connectivity index (χ2n) is 6.79. The van der Waals surface area contributed by atoms with Crippen molar-refractivity contribution >= 4 is 23.5 Å². The van der Waals surface area contributed by atoms with Gasteiger partial charge in [0.25, 0.3) is 11.8 Å². The van der Waals surface area contributed by atoms with Gasteiger partial charge in [-0.1, -0.05) is 31.4 Å². The SMILES string of the molecule is O=C(O)CN1CC(O)=C(C(=O)Nc2ccc(C3CCCCC3)cc2)C1=O. The Morgan fingerprint density at radius 3 is 2.38 bits per heavy atom. The van der Waals surface area contributed by atoms with E-state index in [-0.39, 0.29) is 6.54 Å². The minimum Gasteiger partial charge on any atom is -0.509 e. The largest absolute Gasteiger partial charge is 0.509 e. The molecule has 138 valence electrons. The molecule has 0 saturated heterocycles. The van der Waals surface area contributed by atoms with E-state index in [9.17, 15) is 19.5 Å². The molecule has 0 radical (unpaired) electrons. The first-order chi connectivity index (χ1) is 12.5. The fourth-order valence-electron chi connectivity index (χ4n) is 3.60. The minimum atomic E-state index is -1.20. The summed E-state index contributed by atoms with van der Waals surface area (Å²) >= 11 is 0. The van der Waals surface area contributed by atoms with Crippen LogP contribution in [0.3, 0.4) is 0 Å². The zero-order valence-electron chi connectivity index (χ0n) is 14.4. The van der Waals surface area contributed by atoms with Crippen molar-refractivity contribution < 1.29 is 24.6 Å². The molecule has 0 unspecified atom stereocenters. The molecule has 1 heterocycles. The molecule has 7 heteroatoms. The molecule has 0 atom stereocenters. The van der Waals surface area contributed by atoms with Crippen LogP contribution in [0.15, 0.2) is 35.6 Å². The van der Waals surface area contributed by atoms with E-state index in [1.54, 1.807) is 12.1 Å². The first-order valence-electron chi connectivity index (χ1n) is 8.80. The number of rotatable bonds is 5. The van der Waals surface area contributed by atoms with E-state index in [4.69, 9.17) is 5.11 Å². The van der Waals surface area contributed by atoms with Gasteiger partial charge in [0.05, 0.1) is 6.54 Å². The van der Waals surface area contributed by atoms with Crippen LogP contribution in [0.4, 0.5) is 5.69 Å². The number of hydrogen-bond donors (Lipinski definition) is 3. The molecule has 1 saturated carbocycles. The van der Waals surface area contributed by atoms with Crippen molar-refractivity contribution in [2.24, 2.45) is 0 Å². The molecule has 3 rings (SSSR count). The van der Waals surface area contributed by atoms with E-state index >= 15 is 0 Å². The lowest BCUT2D eigenvalue weighted by molar-refractivity contribution is -0.142. The van der Waals surface area contributed by atoms with Gasteiger partial charge in [0.15, 0.2) is 0 Å². The summed E-state index contributed by atoms with van der Waals surface area (Å²) in [6.07, 6.45) is 6.13. The Bertz CT molecular complexity index is 748. The van der Waals surface area contributed by atoms with Gasteiger partial charge in [-0.3, -0.25) is 14.4 Å².